The molecule has 1 rings (SSSR count). The highest BCUT2D eigenvalue weighted by atomic mass is 35.5. The van der Waals surface area contributed by atoms with Crippen LogP contribution in [0.2, 0.25) is 5.02 Å². The van der Waals surface area contributed by atoms with Crippen LogP contribution < -0.4 is 4.74 Å². The van der Waals surface area contributed by atoms with Crippen LogP contribution in [0.15, 0.2) is 12.3 Å². The number of rotatable bonds is 2. The first-order valence-corrected chi connectivity index (χ1v) is 5.51. The minimum Gasteiger partial charge on any atom is -0.474 e. The molecule has 15 heavy (non-hydrogen) atoms. The van der Waals surface area contributed by atoms with Gasteiger partial charge in [0.2, 0.25) is 5.88 Å². The van der Waals surface area contributed by atoms with Crippen molar-refractivity contribution in [1.29, 1.82) is 0 Å². The van der Waals surface area contributed by atoms with E-state index < -0.39 is 0 Å². The van der Waals surface area contributed by atoms with Crippen LogP contribution in [0.25, 0.3) is 0 Å². The molecular formula is C12H18ClNO. The summed E-state index contributed by atoms with van der Waals surface area (Å²) in [5.74, 6) is 0.514. The van der Waals surface area contributed by atoms with Gasteiger partial charge in [-0.1, -0.05) is 32.4 Å². The highest BCUT2D eigenvalue weighted by molar-refractivity contribution is 6.31. The molecular weight excluding hydrogens is 210 g/mol. The Bertz CT molecular complexity index is 342. The molecule has 1 aromatic heterocycles. The average molecular weight is 228 g/mol. The van der Waals surface area contributed by atoms with Crippen molar-refractivity contribution in [2.75, 3.05) is 0 Å². The van der Waals surface area contributed by atoms with E-state index in [2.05, 4.69) is 25.8 Å². The summed E-state index contributed by atoms with van der Waals surface area (Å²) >= 11 is 6.09. The quantitative estimate of drug-likeness (QED) is 0.766. The second-order valence-electron chi connectivity index (χ2n) is 4.93. The van der Waals surface area contributed by atoms with Crippen molar-refractivity contribution in [2.45, 2.75) is 46.1 Å². The molecule has 0 unspecified atom stereocenters. The highest BCUT2D eigenvalue weighted by Gasteiger charge is 2.16. The summed E-state index contributed by atoms with van der Waals surface area (Å²) in [6.45, 7) is 10.3. The maximum atomic E-state index is 6.09. The fourth-order valence-electron chi connectivity index (χ4n) is 1.15. The second kappa shape index (κ2) is 4.40. The fraction of sp³-hybridized carbons (Fsp3) is 0.583. The molecule has 0 bridgehead atoms. The van der Waals surface area contributed by atoms with Crippen molar-refractivity contribution in [3.8, 4) is 5.88 Å². The van der Waals surface area contributed by atoms with Gasteiger partial charge in [0.25, 0.3) is 0 Å². The first-order chi connectivity index (χ1) is 6.80. The highest BCUT2D eigenvalue weighted by Crippen LogP contribution is 2.29. The van der Waals surface area contributed by atoms with Crippen molar-refractivity contribution in [3.63, 3.8) is 0 Å². The molecule has 0 atom stereocenters. The summed E-state index contributed by atoms with van der Waals surface area (Å²) in [7, 11) is 0. The predicted octanol–water partition coefficient (Wildman–Crippen LogP) is 3.82. The summed E-state index contributed by atoms with van der Waals surface area (Å²) in [4.78, 5) is 4.23. The van der Waals surface area contributed by atoms with E-state index in [0.29, 0.717) is 10.9 Å². The molecule has 0 aromatic carbocycles. The fourth-order valence-corrected chi connectivity index (χ4v) is 1.36. The van der Waals surface area contributed by atoms with Gasteiger partial charge in [-0.2, -0.15) is 0 Å². The molecule has 0 aliphatic rings. The largest absolute Gasteiger partial charge is 0.474 e. The Labute approximate surface area is 96.6 Å². The molecule has 0 N–H and O–H groups in total. The van der Waals surface area contributed by atoms with Crippen LogP contribution in [0, 0.1) is 0 Å². The number of halogens is 1. The lowest BCUT2D eigenvalue weighted by molar-refractivity contribution is 0.232. The molecule has 2 nitrogen and oxygen atoms in total. The maximum absolute atomic E-state index is 6.09. The molecule has 0 aliphatic carbocycles. The van der Waals surface area contributed by atoms with Gasteiger partial charge in [0.05, 0.1) is 6.10 Å². The van der Waals surface area contributed by atoms with E-state index in [-0.39, 0.29) is 11.5 Å². The molecule has 0 aliphatic heterocycles. The Morgan fingerprint density at radius 3 is 2.33 bits per heavy atom. The van der Waals surface area contributed by atoms with Gasteiger partial charge in [-0.15, -0.1) is 0 Å². The van der Waals surface area contributed by atoms with E-state index in [1.807, 2.05) is 26.1 Å². The van der Waals surface area contributed by atoms with Gasteiger partial charge in [0, 0.05) is 6.20 Å². The van der Waals surface area contributed by atoms with E-state index in [1.54, 1.807) is 0 Å². The second-order valence-corrected chi connectivity index (χ2v) is 5.33. The van der Waals surface area contributed by atoms with Crippen molar-refractivity contribution < 1.29 is 4.74 Å². The molecule has 0 saturated carbocycles. The Hall–Kier alpha value is -0.760. The molecule has 0 fully saturated rings. The first-order valence-electron chi connectivity index (χ1n) is 5.13. The van der Waals surface area contributed by atoms with E-state index in [4.69, 9.17) is 16.3 Å². The van der Waals surface area contributed by atoms with Gasteiger partial charge < -0.3 is 4.74 Å². The third-order valence-corrected chi connectivity index (χ3v) is 2.29. The Balaban J connectivity index is 2.98. The van der Waals surface area contributed by atoms with Crippen LogP contribution in [-0.4, -0.2) is 11.1 Å². The number of pyridine rings is 1. The summed E-state index contributed by atoms with van der Waals surface area (Å²) < 4.78 is 5.47. The van der Waals surface area contributed by atoms with Gasteiger partial charge in [-0.3, -0.25) is 0 Å². The van der Waals surface area contributed by atoms with Crippen LogP contribution in [-0.2, 0) is 5.41 Å². The minimum absolute atomic E-state index is 0.0625. The van der Waals surface area contributed by atoms with E-state index in [1.165, 1.54) is 0 Å². The predicted molar refractivity (Wildman–Crippen MR) is 63.7 cm³/mol. The van der Waals surface area contributed by atoms with Crippen LogP contribution in [0.4, 0.5) is 0 Å². The zero-order valence-electron chi connectivity index (χ0n) is 9.97. The van der Waals surface area contributed by atoms with Crippen LogP contribution >= 0.6 is 11.6 Å². The van der Waals surface area contributed by atoms with Gasteiger partial charge in [-0.05, 0) is 30.9 Å². The standard InChI is InChI=1S/C12H18ClNO/c1-8(2)15-11-10(13)6-9(7-14-11)12(3,4)5/h6-8H,1-5H3. The van der Waals surface area contributed by atoms with Gasteiger partial charge in [0.1, 0.15) is 5.02 Å². The Morgan fingerprint density at radius 2 is 1.93 bits per heavy atom. The van der Waals surface area contributed by atoms with E-state index in [0.717, 1.165) is 5.56 Å². The molecule has 1 aromatic rings. The molecule has 1 heterocycles. The van der Waals surface area contributed by atoms with Gasteiger partial charge in [0.15, 0.2) is 0 Å². The third kappa shape index (κ3) is 3.38. The normalized spacial score (nSPS) is 11.9. The summed E-state index contributed by atoms with van der Waals surface area (Å²) in [5.41, 5.74) is 1.18. The van der Waals surface area contributed by atoms with Gasteiger partial charge in [-0.25, -0.2) is 4.98 Å². The smallest absolute Gasteiger partial charge is 0.232 e. The van der Waals surface area contributed by atoms with Crippen molar-refractivity contribution in [2.24, 2.45) is 0 Å². The van der Waals surface area contributed by atoms with Crippen LogP contribution in [0.5, 0.6) is 5.88 Å². The van der Waals surface area contributed by atoms with E-state index in [9.17, 15) is 0 Å². The Morgan fingerprint density at radius 1 is 1.33 bits per heavy atom. The zero-order valence-corrected chi connectivity index (χ0v) is 10.7. The summed E-state index contributed by atoms with van der Waals surface area (Å²) in [5, 5.41) is 0.580. The van der Waals surface area contributed by atoms with Crippen molar-refractivity contribution >= 4 is 11.6 Å². The number of aromatic nitrogens is 1. The first kappa shape index (κ1) is 12.3. The van der Waals surface area contributed by atoms with Crippen LogP contribution in [0.3, 0.4) is 0 Å². The monoisotopic (exact) mass is 227 g/mol. The summed E-state index contributed by atoms with van der Waals surface area (Å²) in [6.07, 6.45) is 1.92. The topological polar surface area (TPSA) is 22.1 Å². The zero-order chi connectivity index (χ0) is 11.6. The average Bonchev–Trinajstić information content (AvgIpc) is 2.05. The van der Waals surface area contributed by atoms with Gasteiger partial charge >= 0.3 is 0 Å². The van der Waals surface area contributed by atoms with E-state index >= 15 is 0 Å². The van der Waals surface area contributed by atoms with Crippen molar-refractivity contribution in [3.05, 3.63) is 22.8 Å². The summed E-state index contributed by atoms with van der Waals surface area (Å²) in [6, 6.07) is 1.92. The lowest BCUT2D eigenvalue weighted by atomic mass is 9.88. The lowest BCUT2D eigenvalue weighted by Crippen LogP contribution is -2.13. The minimum atomic E-state index is 0.0625. The molecule has 0 radical (unpaired) electrons. The number of hydrogen-bond acceptors (Lipinski definition) is 2. The SMILES string of the molecule is CC(C)Oc1ncc(C(C)(C)C)cc1Cl. The molecule has 0 amide bonds. The molecule has 0 saturated heterocycles. The van der Waals surface area contributed by atoms with Crippen molar-refractivity contribution in [1.82, 2.24) is 4.98 Å². The van der Waals surface area contributed by atoms with Crippen LogP contribution in [0.1, 0.15) is 40.2 Å². The third-order valence-electron chi connectivity index (χ3n) is 2.02. The Kier molecular flexibility index (Phi) is 3.61. The lowest BCUT2D eigenvalue weighted by Gasteiger charge is -2.19. The molecule has 3 heteroatoms. The number of hydrogen-bond donors (Lipinski definition) is 0. The molecule has 0 spiro atoms. The maximum Gasteiger partial charge on any atom is 0.232 e. The molecule has 84 valence electrons. The number of nitrogens with zero attached hydrogens (tertiary/aromatic N) is 1. The number of ether oxygens (including phenoxy) is 1.